The lowest BCUT2D eigenvalue weighted by molar-refractivity contribution is -0.141. The monoisotopic (exact) mass is 411 g/mol. The number of carbonyl (C=O) groups is 1. The Bertz CT molecular complexity index is 969. The Hall–Kier alpha value is -2.74. The maximum absolute atomic E-state index is 11.3. The first-order valence-electron chi connectivity index (χ1n) is 9.82. The molecule has 2 aromatic rings. The normalized spacial score (nSPS) is 24.3. The molecule has 7 nitrogen and oxygen atoms in total. The van der Waals surface area contributed by atoms with Gasteiger partial charge in [-0.05, 0) is 44.9 Å². The number of pyridine rings is 1. The Morgan fingerprint density at radius 2 is 2.28 bits per heavy atom. The van der Waals surface area contributed by atoms with E-state index in [1.807, 2.05) is 36.7 Å². The lowest BCUT2D eigenvalue weighted by Gasteiger charge is -2.30. The lowest BCUT2D eigenvalue weighted by Crippen LogP contribution is -2.38. The number of hydrogen-bond donors (Lipinski definition) is 2. The second kappa shape index (κ2) is 7.94. The first-order chi connectivity index (χ1) is 13.9. The minimum atomic E-state index is -0.726. The van der Waals surface area contributed by atoms with Gasteiger partial charge in [-0.2, -0.15) is 0 Å². The molecule has 0 radical (unpaired) electrons. The molecule has 1 fully saturated rings. The lowest BCUT2D eigenvalue weighted by atomic mass is 9.99. The molecule has 1 saturated heterocycles. The molecule has 29 heavy (non-hydrogen) atoms. The summed E-state index contributed by atoms with van der Waals surface area (Å²) in [5.41, 5.74) is 1.73. The molecule has 152 valence electrons. The number of allylic oxidation sites excluding steroid dienone is 1. The number of anilines is 2. The van der Waals surface area contributed by atoms with E-state index in [0.717, 1.165) is 47.3 Å². The molecule has 8 heteroatoms. The first kappa shape index (κ1) is 19.6. The van der Waals surface area contributed by atoms with E-state index in [0.29, 0.717) is 6.54 Å². The SMILES string of the molecule is CC1=CC=NC(C)(Nc2cccc(-c3cnc(N4CCCC(C(=O)O)C4)s3)n2)C1. The van der Waals surface area contributed by atoms with Crippen LogP contribution in [-0.2, 0) is 4.79 Å². The average Bonchev–Trinajstić information content (AvgIpc) is 3.18. The van der Waals surface area contributed by atoms with Gasteiger partial charge < -0.3 is 15.3 Å². The van der Waals surface area contributed by atoms with E-state index < -0.39 is 11.6 Å². The van der Waals surface area contributed by atoms with Crippen LogP contribution in [0.5, 0.6) is 0 Å². The van der Waals surface area contributed by atoms with E-state index in [1.54, 1.807) is 11.3 Å². The predicted molar refractivity (Wildman–Crippen MR) is 117 cm³/mol. The van der Waals surface area contributed by atoms with Crippen LogP contribution in [0.1, 0.15) is 33.1 Å². The second-order valence-corrected chi connectivity index (χ2v) is 8.91. The largest absolute Gasteiger partial charge is 0.481 e. The molecule has 0 spiro atoms. The van der Waals surface area contributed by atoms with Crippen molar-refractivity contribution in [3.05, 3.63) is 36.0 Å². The van der Waals surface area contributed by atoms with Gasteiger partial charge in [-0.25, -0.2) is 9.97 Å². The molecule has 2 unspecified atom stereocenters. The number of hydrogen-bond acceptors (Lipinski definition) is 7. The minimum Gasteiger partial charge on any atom is -0.481 e. The van der Waals surface area contributed by atoms with Gasteiger partial charge in [0.15, 0.2) is 5.13 Å². The molecule has 0 saturated carbocycles. The molecule has 0 aliphatic carbocycles. The first-order valence-corrected chi connectivity index (χ1v) is 10.6. The standard InChI is InChI=1S/C21H25N5O2S/c1-14-8-9-23-21(2,11-14)25-18-7-3-6-16(24-18)17-12-22-20(29-17)26-10-4-5-15(13-26)19(27)28/h3,6-9,12,15H,4-5,10-11,13H2,1-2H3,(H,24,25)(H,27,28). The van der Waals surface area contributed by atoms with Crippen LogP contribution in [-0.4, -0.2) is 46.0 Å². The fourth-order valence-electron chi connectivity index (χ4n) is 3.85. The number of aliphatic carboxylic acids is 1. The van der Waals surface area contributed by atoms with Crippen LogP contribution in [0.2, 0.25) is 0 Å². The fraction of sp³-hybridized carbons (Fsp3) is 0.429. The highest BCUT2D eigenvalue weighted by Gasteiger charge is 2.27. The molecule has 0 bridgehead atoms. The van der Waals surface area contributed by atoms with Gasteiger partial charge in [0, 0.05) is 31.9 Å². The highest BCUT2D eigenvalue weighted by Crippen LogP contribution is 2.33. The van der Waals surface area contributed by atoms with E-state index in [-0.39, 0.29) is 5.92 Å². The van der Waals surface area contributed by atoms with Gasteiger partial charge in [0.2, 0.25) is 0 Å². The number of rotatable bonds is 5. The summed E-state index contributed by atoms with van der Waals surface area (Å²) in [6.07, 6.45) is 8.13. The molecule has 2 aliphatic rings. The summed E-state index contributed by atoms with van der Waals surface area (Å²) in [5, 5.41) is 13.6. The maximum atomic E-state index is 11.3. The van der Waals surface area contributed by atoms with E-state index in [1.165, 1.54) is 5.57 Å². The third-order valence-electron chi connectivity index (χ3n) is 5.28. The number of aromatic nitrogens is 2. The Morgan fingerprint density at radius 3 is 3.07 bits per heavy atom. The molecule has 4 rings (SSSR count). The fourth-order valence-corrected chi connectivity index (χ4v) is 4.77. The average molecular weight is 412 g/mol. The van der Waals surface area contributed by atoms with E-state index in [9.17, 15) is 9.90 Å². The van der Waals surface area contributed by atoms with Crippen LogP contribution >= 0.6 is 11.3 Å². The van der Waals surface area contributed by atoms with Gasteiger partial charge in [-0.1, -0.05) is 23.0 Å². The summed E-state index contributed by atoms with van der Waals surface area (Å²) in [5.74, 6) is -0.275. The van der Waals surface area contributed by atoms with Crippen molar-refractivity contribution in [3.63, 3.8) is 0 Å². The molecule has 2 aliphatic heterocycles. The quantitative estimate of drug-likeness (QED) is 0.771. The van der Waals surface area contributed by atoms with Crippen molar-refractivity contribution in [2.75, 3.05) is 23.3 Å². The van der Waals surface area contributed by atoms with Gasteiger partial charge in [-0.3, -0.25) is 9.79 Å². The van der Waals surface area contributed by atoms with Crippen molar-refractivity contribution >= 4 is 34.5 Å². The topological polar surface area (TPSA) is 90.7 Å². The molecule has 2 N–H and O–H groups in total. The number of nitrogens with one attached hydrogen (secondary N) is 1. The summed E-state index contributed by atoms with van der Waals surface area (Å²) in [4.78, 5) is 28.3. The van der Waals surface area contributed by atoms with Crippen molar-refractivity contribution in [1.82, 2.24) is 9.97 Å². The van der Waals surface area contributed by atoms with Crippen LogP contribution in [0, 0.1) is 5.92 Å². The van der Waals surface area contributed by atoms with Gasteiger partial charge in [0.05, 0.1) is 16.5 Å². The van der Waals surface area contributed by atoms with E-state index in [4.69, 9.17) is 4.98 Å². The molecule has 0 amide bonds. The minimum absolute atomic E-state index is 0.323. The Kier molecular flexibility index (Phi) is 5.36. The van der Waals surface area contributed by atoms with Gasteiger partial charge in [0.1, 0.15) is 11.5 Å². The highest BCUT2D eigenvalue weighted by molar-refractivity contribution is 7.18. The third kappa shape index (κ3) is 4.48. The van der Waals surface area contributed by atoms with Crippen LogP contribution < -0.4 is 10.2 Å². The van der Waals surface area contributed by atoms with Gasteiger partial charge in [-0.15, -0.1) is 0 Å². The Labute approximate surface area is 174 Å². The predicted octanol–water partition coefficient (Wildman–Crippen LogP) is 4.06. The summed E-state index contributed by atoms with van der Waals surface area (Å²) in [6, 6.07) is 5.89. The zero-order valence-electron chi connectivity index (χ0n) is 16.6. The zero-order valence-corrected chi connectivity index (χ0v) is 17.4. The van der Waals surface area contributed by atoms with Crippen molar-refractivity contribution < 1.29 is 9.90 Å². The number of dihydropyridines is 1. The molecule has 2 aromatic heterocycles. The summed E-state index contributed by atoms with van der Waals surface area (Å²) in [6.45, 7) is 5.52. The van der Waals surface area contributed by atoms with Crippen molar-refractivity contribution in [2.45, 2.75) is 38.8 Å². The molecule has 0 aromatic carbocycles. The number of piperidine rings is 1. The summed E-state index contributed by atoms with van der Waals surface area (Å²) >= 11 is 1.55. The number of nitrogens with zero attached hydrogens (tertiary/aromatic N) is 4. The van der Waals surface area contributed by atoms with Gasteiger partial charge in [0.25, 0.3) is 0 Å². The van der Waals surface area contributed by atoms with Crippen molar-refractivity contribution in [1.29, 1.82) is 0 Å². The maximum Gasteiger partial charge on any atom is 0.308 e. The van der Waals surface area contributed by atoms with Gasteiger partial charge >= 0.3 is 5.97 Å². The van der Waals surface area contributed by atoms with Crippen LogP contribution in [0.3, 0.4) is 0 Å². The number of aliphatic imine (C=N–C) groups is 1. The number of carboxylic acid groups (broad SMARTS) is 1. The van der Waals surface area contributed by atoms with E-state index >= 15 is 0 Å². The molecular weight excluding hydrogens is 386 g/mol. The Morgan fingerprint density at radius 1 is 1.41 bits per heavy atom. The highest BCUT2D eigenvalue weighted by atomic mass is 32.1. The smallest absolute Gasteiger partial charge is 0.308 e. The van der Waals surface area contributed by atoms with Crippen LogP contribution in [0.15, 0.2) is 41.0 Å². The van der Waals surface area contributed by atoms with Crippen molar-refractivity contribution in [2.24, 2.45) is 10.9 Å². The molecular formula is C21H25N5O2S. The second-order valence-electron chi connectivity index (χ2n) is 7.91. The summed E-state index contributed by atoms with van der Waals surface area (Å²) in [7, 11) is 0. The summed E-state index contributed by atoms with van der Waals surface area (Å²) < 4.78 is 0. The Balaban J connectivity index is 1.50. The number of thiazole rings is 1. The molecule has 4 heterocycles. The van der Waals surface area contributed by atoms with Crippen LogP contribution in [0.4, 0.5) is 10.9 Å². The zero-order chi connectivity index (χ0) is 20.4. The van der Waals surface area contributed by atoms with E-state index in [2.05, 4.69) is 34.0 Å². The molecule has 2 atom stereocenters. The van der Waals surface area contributed by atoms with Crippen LogP contribution in [0.25, 0.3) is 10.6 Å². The van der Waals surface area contributed by atoms with Crippen molar-refractivity contribution in [3.8, 4) is 10.6 Å². The number of carboxylic acids is 1. The third-order valence-corrected chi connectivity index (χ3v) is 6.36.